The van der Waals surface area contributed by atoms with Crippen LogP contribution in [0.15, 0.2) is 151 Å². The normalized spacial score (nSPS) is 15.0. The molecular formula is C32H24Cl12Sb2. The molecule has 0 aliphatic heterocycles. The Kier molecular flexibility index (Phi) is 19.1. The molecule has 46 heavy (non-hydrogen) atoms. The average Bonchev–Trinajstić information content (AvgIpc) is 2.94. The molecule has 2 aliphatic carbocycles. The molecule has 0 heterocycles. The summed E-state index contributed by atoms with van der Waals surface area (Å²) < 4.78 is 0. The summed E-state index contributed by atoms with van der Waals surface area (Å²) in [6.45, 7) is 0. The topological polar surface area (TPSA) is 0 Å². The third kappa shape index (κ3) is 19.4. The zero-order chi connectivity index (χ0) is 32.5. The monoisotopic (exact) mass is 1070 g/mol. The van der Waals surface area contributed by atoms with E-state index in [0.29, 0.717) is 0 Å². The molecule has 0 saturated heterocycles. The second-order valence-electron chi connectivity index (χ2n) is 9.07. The first kappa shape index (κ1) is 45.0. The van der Waals surface area contributed by atoms with Crippen molar-refractivity contribution in [1.82, 2.24) is 0 Å². The molecule has 0 fully saturated rings. The standard InChI is InChI=1S/C32H24.12ClH.2Sb/c1-5-13-25(14-6-1)31(26-15-7-2-8-16-26)29-21-23-30(24-22-29)32(27-17-9-3-10-18-27)28-19-11-4-12-20-28;;;;;;;;;;;;;;/h1-24H;12*1H;;/q+2;;;;;;;;;;;;;2*+5/p-12. The van der Waals surface area contributed by atoms with Gasteiger partial charge in [-0.3, -0.25) is 0 Å². The minimum absolute atomic E-state index is 0. The van der Waals surface area contributed by atoms with Crippen LogP contribution in [-0.4, -0.2) is 23.4 Å². The summed E-state index contributed by atoms with van der Waals surface area (Å²) in [4.78, 5) is 0. The number of hydrogen-bond acceptors (Lipinski definition) is 0. The van der Waals surface area contributed by atoms with Crippen LogP contribution in [0.4, 0.5) is 0 Å². The van der Waals surface area contributed by atoms with Gasteiger partial charge in [-0.05, 0) is 23.3 Å². The van der Waals surface area contributed by atoms with Crippen molar-refractivity contribution >= 4 is 123 Å². The van der Waals surface area contributed by atoms with E-state index in [9.17, 15) is 0 Å². The number of benzene rings is 3. The SMILES string of the molecule is C1=CC(=C(c2ccccc2)[C+]2C=CC(=C(c3ccccc3)c3ccccc3)C=C2)C=C[CH+]1.[Cl-].[Cl-].[Cl][Sb]([Cl])([Cl])([Cl])[Cl].[Cl][Sb]([Cl])([Cl])([Cl])[Cl]. The summed E-state index contributed by atoms with van der Waals surface area (Å²) in [5.74, 6) is 1.21. The van der Waals surface area contributed by atoms with Gasteiger partial charge < -0.3 is 24.8 Å². The van der Waals surface area contributed by atoms with Crippen LogP contribution in [-0.2, 0) is 0 Å². The molecule has 14 heteroatoms. The summed E-state index contributed by atoms with van der Waals surface area (Å²) in [6, 6.07) is 31.9. The number of hydrogen-bond donors (Lipinski definition) is 0. The fourth-order valence-corrected chi connectivity index (χ4v) is 4.22. The van der Waals surface area contributed by atoms with Crippen molar-refractivity contribution in [1.29, 1.82) is 0 Å². The van der Waals surface area contributed by atoms with Crippen LogP contribution in [0.5, 0.6) is 0 Å². The molecule has 0 aromatic heterocycles. The maximum atomic E-state index is 5.05. The van der Waals surface area contributed by atoms with Gasteiger partial charge in [0.25, 0.3) is 0 Å². The van der Waals surface area contributed by atoms with E-state index >= 15 is 0 Å². The zero-order valence-corrected chi connectivity index (χ0v) is 37.5. The van der Waals surface area contributed by atoms with Gasteiger partial charge in [0.1, 0.15) is 5.57 Å². The van der Waals surface area contributed by atoms with Crippen LogP contribution >= 0.6 is 88.3 Å². The van der Waals surface area contributed by atoms with E-state index in [-0.39, 0.29) is 24.8 Å². The molecule has 0 radical (unpaired) electrons. The van der Waals surface area contributed by atoms with Gasteiger partial charge in [-0.25, -0.2) is 0 Å². The first-order valence-corrected chi connectivity index (χ1v) is 45.0. The predicted octanol–water partition coefficient (Wildman–Crippen LogP) is 8.11. The zero-order valence-electron chi connectivity index (χ0n) is 23.3. The van der Waals surface area contributed by atoms with Gasteiger partial charge in [-0.2, -0.15) is 0 Å². The second-order valence-corrected chi connectivity index (χ2v) is 84.9. The van der Waals surface area contributed by atoms with Crippen molar-refractivity contribution in [3.63, 3.8) is 0 Å². The van der Waals surface area contributed by atoms with Crippen molar-refractivity contribution in [2.45, 2.75) is 0 Å². The van der Waals surface area contributed by atoms with Gasteiger partial charge in [-0.1, -0.05) is 78.9 Å². The fourth-order valence-electron chi connectivity index (χ4n) is 4.22. The molecule has 2 aliphatic rings. The molecule has 0 nitrogen and oxygen atoms in total. The van der Waals surface area contributed by atoms with E-state index in [1.165, 1.54) is 44.9 Å². The van der Waals surface area contributed by atoms with E-state index < -0.39 is 23.4 Å². The Morgan fingerprint density at radius 2 is 0.783 bits per heavy atom. The van der Waals surface area contributed by atoms with Crippen LogP contribution in [0.1, 0.15) is 16.7 Å². The Morgan fingerprint density at radius 3 is 1.13 bits per heavy atom. The Bertz CT molecular complexity index is 1470. The third-order valence-electron chi connectivity index (χ3n) is 5.71. The van der Waals surface area contributed by atoms with Crippen molar-refractivity contribution in [2.75, 3.05) is 0 Å². The van der Waals surface area contributed by atoms with Gasteiger partial charge >= 0.3 is 112 Å². The summed E-state index contributed by atoms with van der Waals surface area (Å²) in [5, 5.41) is 0. The second kappa shape index (κ2) is 19.5. The Morgan fingerprint density at radius 1 is 0.457 bits per heavy atom. The van der Waals surface area contributed by atoms with E-state index in [4.69, 9.17) is 88.3 Å². The first-order valence-electron chi connectivity index (χ1n) is 12.7. The van der Waals surface area contributed by atoms with Gasteiger partial charge in [-0.15, -0.1) is 0 Å². The molecule has 0 saturated carbocycles. The molecule has 0 bridgehead atoms. The Balaban J connectivity index is 0.000000649. The molecule has 0 amide bonds. The number of rotatable bonds is 4. The van der Waals surface area contributed by atoms with Crippen molar-refractivity contribution in [2.24, 2.45) is 0 Å². The number of halogens is 12. The van der Waals surface area contributed by atoms with E-state index in [1.54, 1.807) is 0 Å². The predicted molar refractivity (Wildman–Crippen MR) is 206 cm³/mol. The molecule has 0 unspecified atom stereocenters. The summed E-state index contributed by atoms with van der Waals surface area (Å²) in [5.41, 5.74) is 8.61. The van der Waals surface area contributed by atoms with E-state index in [2.05, 4.69) is 146 Å². The molecule has 0 N–H and O–H groups in total. The summed E-state index contributed by atoms with van der Waals surface area (Å²) in [7, 11) is 50.5. The van der Waals surface area contributed by atoms with Crippen LogP contribution in [0, 0.1) is 12.3 Å². The van der Waals surface area contributed by atoms with Gasteiger partial charge in [0.05, 0.1) is 30.2 Å². The van der Waals surface area contributed by atoms with Crippen molar-refractivity contribution in [3.05, 3.63) is 180 Å². The molecule has 0 spiro atoms. The van der Waals surface area contributed by atoms with Gasteiger partial charge in [0, 0.05) is 47.4 Å². The van der Waals surface area contributed by atoms with Crippen LogP contribution < -0.4 is 24.8 Å². The molecule has 3 aromatic rings. The maximum absolute atomic E-state index is 5.05. The molecule has 246 valence electrons. The Labute approximate surface area is 322 Å². The quantitative estimate of drug-likeness (QED) is 0.183. The first-order chi connectivity index (χ1) is 20.4. The molecule has 3 aromatic carbocycles. The molecular weight excluding hydrogens is 1050 g/mol. The fraction of sp³-hybridized carbons (Fsp3) is 0. The van der Waals surface area contributed by atoms with Crippen LogP contribution in [0.3, 0.4) is 0 Å². The van der Waals surface area contributed by atoms with E-state index in [1.807, 2.05) is 0 Å². The Hall–Kier alpha value is 0.956. The van der Waals surface area contributed by atoms with E-state index in [0.717, 1.165) is 0 Å². The van der Waals surface area contributed by atoms with Crippen LogP contribution in [0.2, 0.25) is 0 Å². The summed E-state index contributed by atoms with van der Waals surface area (Å²) in [6.07, 6.45) is 19.6. The van der Waals surface area contributed by atoms with Gasteiger partial charge in [0.15, 0.2) is 5.57 Å². The third-order valence-corrected chi connectivity index (χ3v) is 5.71. The van der Waals surface area contributed by atoms with Crippen LogP contribution in [0.25, 0.3) is 11.1 Å². The van der Waals surface area contributed by atoms with Crippen molar-refractivity contribution in [3.8, 4) is 0 Å². The average molecular weight is 1080 g/mol. The summed E-state index contributed by atoms with van der Waals surface area (Å²) >= 11 is -8.66. The minimum atomic E-state index is -4.33. The van der Waals surface area contributed by atoms with Crippen molar-refractivity contribution < 1.29 is 24.8 Å². The molecule has 5 rings (SSSR count). The molecule has 0 atom stereocenters. The number of allylic oxidation sites excluding steroid dienone is 11. The van der Waals surface area contributed by atoms with Gasteiger partial charge in [0.2, 0.25) is 0 Å².